The molecule has 1 aromatic heterocycles. The predicted molar refractivity (Wildman–Crippen MR) is 88.7 cm³/mol. The van der Waals surface area contributed by atoms with Crippen LogP contribution in [0.3, 0.4) is 0 Å². The number of fused-ring (bicyclic) bond motifs is 1. The Morgan fingerprint density at radius 1 is 1.14 bits per heavy atom. The Morgan fingerprint density at radius 2 is 1.95 bits per heavy atom. The van der Waals surface area contributed by atoms with Crippen LogP contribution < -0.4 is 4.74 Å². The van der Waals surface area contributed by atoms with E-state index in [0.717, 1.165) is 29.4 Å². The third-order valence-corrected chi connectivity index (χ3v) is 3.83. The van der Waals surface area contributed by atoms with Crippen molar-refractivity contribution in [2.75, 3.05) is 7.11 Å². The topological polar surface area (TPSA) is 31.2 Å². The Balaban J connectivity index is 2.10. The van der Waals surface area contributed by atoms with Crippen LogP contribution in [0.25, 0.3) is 10.9 Å². The number of ketones is 1. The molecule has 0 radical (unpaired) electrons. The first kappa shape index (κ1) is 14.4. The summed E-state index contributed by atoms with van der Waals surface area (Å²) in [5.41, 5.74) is 2.51. The molecule has 3 heteroatoms. The summed E-state index contributed by atoms with van der Waals surface area (Å²) in [5, 5.41) is 1.00. The zero-order valence-corrected chi connectivity index (χ0v) is 12.9. The van der Waals surface area contributed by atoms with Gasteiger partial charge in [0.1, 0.15) is 5.75 Å². The quantitative estimate of drug-likeness (QED) is 0.657. The Hall–Kier alpha value is -2.55. The first-order valence-electron chi connectivity index (χ1n) is 7.51. The molecule has 0 aliphatic heterocycles. The van der Waals surface area contributed by atoms with Crippen molar-refractivity contribution in [3.05, 3.63) is 65.9 Å². The normalized spacial score (nSPS) is 10.8. The molecule has 0 aliphatic rings. The number of nitrogens with zero attached hydrogens (tertiary/aromatic N) is 1. The number of methoxy groups -OCH3 is 1. The monoisotopic (exact) mass is 293 g/mol. The van der Waals surface area contributed by atoms with E-state index in [-0.39, 0.29) is 5.78 Å². The molecule has 3 nitrogen and oxygen atoms in total. The number of carbonyl (C=O) groups excluding carboxylic acids is 1. The number of rotatable bonds is 5. The fourth-order valence-electron chi connectivity index (χ4n) is 2.77. The van der Waals surface area contributed by atoms with E-state index in [4.69, 9.17) is 4.74 Å². The zero-order chi connectivity index (χ0) is 15.5. The van der Waals surface area contributed by atoms with Crippen molar-refractivity contribution < 1.29 is 9.53 Å². The summed E-state index contributed by atoms with van der Waals surface area (Å²) in [6.07, 6.45) is 3.00. The van der Waals surface area contributed by atoms with Gasteiger partial charge in [0.15, 0.2) is 5.78 Å². The molecule has 0 fully saturated rings. The van der Waals surface area contributed by atoms with Crippen LogP contribution in [0.1, 0.15) is 29.3 Å². The molecule has 2 aromatic carbocycles. The Morgan fingerprint density at radius 3 is 2.73 bits per heavy atom. The molecule has 0 unspecified atom stereocenters. The van der Waals surface area contributed by atoms with Gasteiger partial charge in [-0.25, -0.2) is 0 Å². The lowest BCUT2D eigenvalue weighted by Gasteiger charge is -2.03. The Bertz CT molecular complexity index is 817. The van der Waals surface area contributed by atoms with Gasteiger partial charge in [0, 0.05) is 34.8 Å². The van der Waals surface area contributed by atoms with Crippen LogP contribution in [0.4, 0.5) is 0 Å². The van der Waals surface area contributed by atoms with Crippen LogP contribution in [-0.4, -0.2) is 17.5 Å². The third kappa shape index (κ3) is 2.50. The Labute approximate surface area is 130 Å². The summed E-state index contributed by atoms with van der Waals surface area (Å²) in [6, 6.07) is 15.4. The number of ether oxygens (including phenoxy) is 1. The molecular weight excluding hydrogens is 274 g/mol. The molecule has 3 rings (SSSR count). The number of aromatic nitrogens is 1. The van der Waals surface area contributed by atoms with Crippen LogP contribution in [-0.2, 0) is 6.54 Å². The van der Waals surface area contributed by atoms with Gasteiger partial charge in [-0.3, -0.25) is 4.79 Å². The van der Waals surface area contributed by atoms with Crippen molar-refractivity contribution in [3.63, 3.8) is 0 Å². The van der Waals surface area contributed by atoms with Crippen LogP contribution in [0.5, 0.6) is 5.75 Å². The summed E-state index contributed by atoms with van der Waals surface area (Å²) in [7, 11) is 1.61. The number of para-hydroxylation sites is 1. The van der Waals surface area contributed by atoms with Gasteiger partial charge in [0.05, 0.1) is 7.11 Å². The maximum atomic E-state index is 12.9. The summed E-state index contributed by atoms with van der Waals surface area (Å²) < 4.78 is 7.37. The van der Waals surface area contributed by atoms with Crippen LogP contribution in [0.2, 0.25) is 0 Å². The molecule has 0 aliphatic carbocycles. The average molecular weight is 293 g/mol. The number of hydrogen-bond acceptors (Lipinski definition) is 2. The van der Waals surface area contributed by atoms with Gasteiger partial charge in [0.25, 0.3) is 0 Å². The molecular formula is C19H19NO2. The molecule has 0 amide bonds. The predicted octanol–water partition coefficient (Wildman–Crippen LogP) is 4.29. The van der Waals surface area contributed by atoms with Gasteiger partial charge < -0.3 is 9.30 Å². The molecule has 0 bridgehead atoms. The van der Waals surface area contributed by atoms with Crippen molar-refractivity contribution in [2.45, 2.75) is 19.9 Å². The first-order chi connectivity index (χ1) is 10.7. The minimum atomic E-state index is 0.0324. The van der Waals surface area contributed by atoms with Gasteiger partial charge in [-0.1, -0.05) is 37.3 Å². The van der Waals surface area contributed by atoms with E-state index < -0.39 is 0 Å². The summed E-state index contributed by atoms with van der Waals surface area (Å²) in [5.74, 6) is 0.730. The number of benzene rings is 2. The van der Waals surface area contributed by atoms with E-state index in [0.29, 0.717) is 11.3 Å². The number of aryl methyl sites for hydroxylation is 1. The van der Waals surface area contributed by atoms with Crippen molar-refractivity contribution in [3.8, 4) is 5.75 Å². The van der Waals surface area contributed by atoms with Crippen molar-refractivity contribution in [1.82, 2.24) is 4.57 Å². The summed E-state index contributed by atoms with van der Waals surface area (Å²) in [4.78, 5) is 12.9. The molecule has 0 spiro atoms. The third-order valence-electron chi connectivity index (χ3n) is 3.83. The highest BCUT2D eigenvalue weighted by Gasteiger charge is 2.16. The maximum Gasteiger partial charge on any atom is 0.195 e. The molecule has 112 valence electrons. The first-order valence-corrected chi connectivity index (χ1v) is 7.51. The van der Waals surface area contributed by atoms with E-state index in [9.17, 15) is 4.79 Å². The second-order valence-electron chi connectivity index (χ2n) is 5.31. The summed E-state index contributed by atoms with van der Waals surface area (Å²) in [6.45, 7) is 3.05. The SMILES string of the molecule is CCCn1cc(C(=O)c2cccc(OC)c2)c2ccccc21. The van der Waals surface area contributed by atoms with Gasteiger partial charge in [0.2, 0.25) is 0 Å². The summed E-state index contributed by atoms with van der Waals surface area (Å²) >= 11 is 0. The van der Waals surface area contributed by atoms with E-state index in [1.54, 1.807) is 13.2 Å². The molecule has 0 atom stereocenters. The number of hydrogen-bond donors (Lipinski definition) is 0. The average Bonchev–Trinajstić information content (AvgIpc) is 2.93. The largest absolute Gasteiger partial charge is 0.497 e. The molecule has 3 aromatic rings. The van der Waals surface area contributed by atoms with E-state index in [1.165, 1.54) is 0 Å². The molecule has 22 heavy (non-hydrogen) atoms. The van der Waals surface area contributed by atoms with Crippen molar-refractivity contribution in [2.24, 2.45) is 0 Å². The Kier molecular flexibility index (Phi) is 3.96. The van der Waals surface area contributed by atoms with Gasteiger partial charge in [-0.05, 0) is 24.6 Å². The van der Waals surface area contributed by atoms with Crippen LogP contribution in [0.15, 0.2) is 54.7 Å². The van der Waals surface area contributed by atoms with Gasteiger partial charge >= 0.3 is 0 Å². The van der Waals surface area contributed by atoms with Crippen molar-refractivity contribution in [1.29, 1.82) is 0 Å². The number of carbonyl (C=O) groups is 1. The molecule has 1 heterocycles. The second kappa shape index (κ2) is 6.06. The van der Waals surface area contributed by atoms with E-state index in [1.807, 2.05) is 42.6 Å². The van der Waals surface area contributed by atoms with Gasteiger partial charge in [-0.15, -0.1) is 0 Å². The fraction of sp³-hybridized carbons (Fsp3) is 0.211. The minimum absolute atomic E-state index is 0.0324. The fourth-order valence-corrected chi connectivity index (χ4v) is 2.77. The standard InChI is InChI=1S/C19H19NO2/c1-3-11-20-13-17(16-9-4-5-10-18(16)20)19(21)14-7-6-8-15(12-14)22-2/h4-10,12-13H,3,11H2,1-2H3. The lowest BCUT2D eigenvalue weighted by atomic mass is 10.0. The maximum absolute atomic E-state index is 12.9. The van der Waals surface area contributed by atoms with E-state index >= 15 is 0 Å². The molecule has 0 saturated heterocycles. The lowest BCUT2D eigenvalue weighted by molar-refractivity contribution is 0.103. The minimum Gasteiger partial charge on any atom is -0.497 e. The highest BCUT2D eigenvalue weighted by Crippen LogP contribution is 2.25. The highest BCUT2D eigenvalue weighted by atomic mass is 16.5. The van der Waals surface area contributed by atoms with Gasteiger partial charge in [-0.2, -0.15) is 0 Å². The van der Waals surface area contributed by atoms with Crippen molar-refractivity contribution >= 4 is 16.7 Å². The second-order valence-corrected chi connectivity index (χ2v) is 5.31. The lowest BCUT2D eigenvalue weighted by Crippen LogP contribution is -2.01. The molecule has 0 N–H and O–H groups in total. The smallest absolute Gasteiger partial charge is 0.195 e. The molecule has 0 saturated carbocycles. The van der Waals surface area contributed by atoms with Crippen LogP contribution in [0, 0.1) is 0 Å². The highest BCUT2D eigenvalue weighted by molar-refractivity contribution is 6.16. The zero-order valence-electron chi connectivity index (χ0n) is 12.9. The van der Waals surface area contributed by atoms with E-state index in [2.05, 4.69) is 17.6 Å². The van der Waals surface area contributed by atoms with Crippen LogP contribution >= 0.6 is 0 Å².